The molecule has 22 heavy (non-hydrogen) atoms. The first-order valence-corrected chi connectivity index (χ1v) is 8.65. The van der Waals surface area contributed by atoms with Gasteiger partial charge in [-0.2, -0.15) is 0 Å². The zero-order chi connectivity index (χ0) is 16.1. The third kappa shape index (κ3) is 4.47. The second kappa shape index (κ2) is 7.98. The van der Waals surface area contributed by atoms with Crippen LogP contribution in [0.1, 0.15) is 57.6 Å². The molecule has 3 nitrogen and oxygen atoms in total. The van der Waals surface area contributed by atoms with E-state index in [0.717, 1.165) is 23.4 Å². The second-order valence-corrected chi connectivity index (χ2v) is 6.84. The number of likely N-dealkylation sites (N-methyl/N-ethyl adjacent to an activating group) is 1. The van der Waals surface area contributed by atoms with Crippen LogP contribution in [0.25, 0.3) is 0 Å². The molecule has 1 amide bonds. The van der Waals surface area contributed by atoms with Crippen molar-refractivity contribution in [3.63, 3.8) is 0 Å². The summed E-state index contributed by atoms with van der Waals surface area (Å²) in [7, 11) is 1.94. The molecule has 1 aromatic rings. The minimum absolute atomic E-state index is 0.0948. The molecule has 0 heterocycles. The summed E-state index contributed by atoms with van der Waals surface area (Å²) < 4.78 is 0. The maximum absolute atomic E-state index is 12.6. The molecule has 122 valence electrons. The van der Waals surface area contributed by atoms with Crippen molar-refractivity contribution < 1.29 is 4.79 Å². The molecule has 2 rings (SSSR count). The lowest BCUT2D eigenvalue weighted by Gasteiger charge is -2.33. The fourth-order valence-corrected chi connectivity index (χ4v) is 3.47. The highest BCUT2D eigenvalue weighted by atomic mass is 35.5. The fourth-order valence-electron chi connectivity index (χ4n) is 3.27. The molecule has 0 radical (unpaired) electrons. The third-order valence-electron chi connectivity index (χ3n) is 4.69. The molecular weight excluding hydrogens is 296 g/mol. The normalized spacial score (nSPS) is 18.7. The van der Waals surface area contributed by atoms with Crippen molar-refractivity contribution in [3.8, 4) is 0 Å². The maximum Gasteiger partial charge on any atom is 0.239 e. The maximum atomic E-state index is 12.6. The second-order valence-electron chi connectivity index (χ2n) is 6.41. The predicted octanol–water partition coefficient (Wildman–Crippen LogP) is 4.17. The van der Waals surface area contributed by atoms with Gasteiger partial charge in [-0.1, -0.05) is 43.0 Å². The number of hydrogen-bond acceptors (Lipinski definition) is 2. The SMILES string of the molecule is CC(NC(C)c1cccc(Cl)c1)C(=O)N(C)C1CCCCC1. The minimum atomic E-state index is -0.194. The molecule has 0 aromatic heterocycles. The van der Waals surface area contributed by atoms with Crippen LogP contribution in [0, 0.1) is 0 Å². The van der Waals surface area contributed by atoms with E-state index in [4.69, 9.17) is 11.6 Å². The van der Waals surface area contributed by atoms with E-state index in [-0.39, 0.29) is 18.0 Å². The number of carbonyl (C=O) groups excluding carboxylic acids is 1. The molecule has 1 N–H and O–H groups in total. The largest absolute Gasteiger partial charge is 0.341 e. The van der Waals surface area contributed by atoms with Crippen molar-refractivity contribution >= 4 is 17.5 Å². The van der Waals surface area contributed by atoms with Gasteiger partial charge in [0.15, 0.2) is 0 Å². The number of amides is 1. The van der Waals surface area contributed by atoms with E-state index < -0.39 is 0 Å². The average Bonchev–Trinajstić information content (AvgIpc) is 2.54. The minimum Gasteiger partial charge on any atom is -0.341 e. The van der Waals surface area contributed by atoms with Crippen molar-refractivity contribution in [1.29, 1.82) is 0 Å². The van der Waals surface area contributed by atoms with Crippen LogP contribution in [0.5, 0.6) is 0 Å². The number of nitrogens with one attached hydrogen (secondary N) is 1. The number of benzene rings is 1. The first-order chi connectivity index (χ1) is 10.5. The van der Waals surface area contributed by atoms with Gasteiger partial charge in [-0.3, -0.25) is 10.1 Å². The van der Waals surface area contributed by atoms with Gasteiger partial charge < -0.3 is 4.90 Å². The number of nitrogens with zero attached hydrogens (tertiary/aromatic N) is 1. The van der Waals surface area contributed by atoms with Crippen molar-refractivity contribution in [2.75, 3.05) is 7.05 Å². The third-order valence-corrected chi connectivity index (χ3v) is 4.92. The van der Waals surface area contributed by atoms with Crippen LogP contribution in [0.4, 0.5) is 0 Å². The van der Waals surface area contributed by atoms with E-state index in [0.29, 0.717) is 6.04 Å². The van der Waals surface area contributed by atoms with Crippen LogP contribution >= 0.6 is 11.6 Å². The van der Waals surface area contributed by atoms with Crippen LogP contribution in [0.15, 0.2) is 24.3 Å². The van der Waals surface area contributed by atoms with Crippen LogP contribution < -0.4 is 5.32 Å². The Bertz CT molecular complexity index is 500. The summed E-state index contributed by atoms with van der Waals surface area (Å²) in [6, 6.07) is 8.09. The van der Waals surface area contributed by atoms with Crippen LogP contribution in [0.3, 0.4) is 0 Å². The smallest absolute Gasteiger partial charge is 0.239 e. The fraction of sp³-hybridized carbons (Fsp3) is 0.611. The van der Waals surface area contributed by atoms with Crippen LogP contribution in [0.2, 0.25) is 5.02 Å². The molecule has 1 saturated carbocycles. The summed E-state index contributed by atoms with van der Waals surface area (Å²) in [6.07, 6.45) is 6.06. The van der Waals surface area contributed by atoms with Gasteiger partial charge in [0.25, 0.3) is 0 Å². The zero-order valence-electron chi connectivity index (χ0n) is 13.8. The highest BCUT2D eigenvalue weighted by Crippen LogP contribution is 2.23. The quantitative estimate of drug-likeness (QED) is 0.882. The molecular formula is C18H27ClN2O. The van der Waals surface area contributed by atoms with Crippen molar-refractivity contribution in [1.82, 2.24) is 10.2 Å². The van der Waals surface area contributed by atoms with Crippen molar-refractivity contribution in [2.45, 2.75) is 64.1 Å². The summed E-state index contributed by atoms with van der Waals surface area (Å²) in [4.78, 5) is 14.6. The summed E-state index contributed by atoms with van der Waals surface area (Å²) in [6.45, 7) is 4.01. The van der Waals surface area contributed by atoms with E-state index in [9.17, 15) is 4.79 Å². The molecule has 2 unspecified atom stereocenters. The lowest BCUT2D eigenvalue weighted by atomic mass is 9.94. The van der Waals surface area contributed by atoms with Crippen LogP contribution in [-0.4, -0.2) is 29.9 Å². The highest BCUT2D eigenvalue weighted by molar-refractivity contribution is 6.30. The lowest BCUT2D eigenvalue weighted by molar-refractivity contribution is -0.134. The lowest BCUT2D eigenvalue weighted by Crippen LogP contribution is -2.48. The number of hydrogen-bond donors (Lipinski definition) is 1. The molecule has 1 aliphatic rings. The van der Waals surface area contributed by atoms with Gasteiger partial charge in [0.2, 0.25) is 5.91 Å². The van der Waals surface area contributed by atoms with Gasteiger partial charge >= 0.3 is 0 Å². The molecule has 0 saturated heterocycles. The molecule has 1 aliphatic carbocycles. The van der Waals surface area contributed by atoms with Crippen molar-refractivity contribution in [3.05, 3.63) is 34.9 Å². The molecule has 1 fully saturated rings. The zero-order valence-corrected chi connectivity index (χ0v) is 14.6. The molecule has 0 bridgehead atoms. The van der Waals surface area contributed by atoms with E-state index in [1.807, 2.05) is 43.1 Å². The Labute approximate surface area is 139 Å². The number of carbonyl (C=O) groups is 1. The molecule has 4 heteroatoms. The van der Waals surface area contributed by atoms with E-state index >= 15 is 0 Å². The Morgan fingerprint density at radius 3 is 2.59 bits per heavy atom. The van der Waals surface area contributed by atoms with Crippen molar-refractivity contribution in [2.24, 2.45) is 0 Å². The Balaban J connectivity index is 1.92. The molecule has 0 spiro atoms. The summed E-state index contributed by atoms with van der Waals surface area (Å²) in [5.74, 6) is 0.181. The molecule has 1 aromatic carbocycles. The first-order valence-electron chi connectivity index (χ1n) is 8.27. The monoisotopic (exact) mass is 322 g/mol. The van der Waals surface area contributed by atoms with Crippen LogP contribution in [-0.2, 0) is 4.79 Å². The number of rotatable bonds is 5. The molecule has 2 atom stereocenters. The van der Waals surface area contributed by atoms with E-state index in [1.165, 1.54) is 19.3 Å². The number of halogens is 1. The van der Waals surface area contributed by atoms with E-state index in [1.54, 1.807) is 0 Å². The summed E-state index contributed by atoms with van der Waals surface area (Å²) >= 11 is 6.04. The van der Waals surface area contributed by atoms with Gasteiger partial charge in [0.1, 0.15) is 0 Å². The Kier molecular flexibility index (Phi) is 6.27. The van der Waals surface area contributed by atoms with E-state index in [2.05, 4.69) is 12.2 Å². The van der Waals surface area contributed by atoms with Gasteiger partial charge in [-0.25, -0.2) is 0 Å². The average molecular weight is 323 g/mol. The van der Waals surface area contributed by atoms with Gasteiger partial charge in [0.05, 0.1) is 6.04 Å². The summed E-state index contributed by atoms with van der Waals surface area (Å²) in [5.41, 5.74) is 1.10. The topological polar surface area (TPSA) is 32.3 Å². The first kappa shape index (κ1) is 17.3. The van der Waals surface area contributed by atoms with Gasteiger partial charge in [-0.05, 0) is 44.4 Å². The van der Waals surface area contributed by atoms with Gasteiger partial charge in [0, 0.05) is 24.2 Å². The standard InChI is InChI=1S/C18H27ClN2O/c1-13(15-8-7-9-16(19)12-15)20-14(2)18(22)21(3)17-10-5-4-6-11-17/h7-9,12-14,17,20H,4-6,10-11H2,1-3H3. The Morgan fingerprint density at radius 2 is 1.95 bits per heavy atom. The Hall–Kier alpha value is -1.06. The highest BCUT2D eigenvalue weighted by Gasteiger charge is 2.26. The summed E-state index contributed by atoms with van der Waals surface area (Å²) in [5, 5.41) is 4.12. The van der Waals surface area contributed by atoms with Gasteiger partial charge in [-0.15, -0.1) is 0 Å². The molecule has 0 aliphatic heterocycles. The predicted molar refractivity (Wildman–Crippen MR) is 92.1 cm³/mol. The Morgan fingerprint density at radius 1 is 1.27 bits per heavy atom.